The number of nitrogens with zero attached hydrogens (tertiary/aromatic N) is 3. The monoisotopic (exact) mass is 462 g/mol. The number of anilines is 1. The van der Waals surface area contributed by atoms with E-state index >= 15 is 0 Å². The lowest BCUT2D eigenvalue weighted by Crippen LogP contribution is -2.38. The van der Waals surface area contributed by atoms with E-state index in [1.165, 1.54) is 0 Å². The summed E-state index contributed by atoms with van der Waals surface area (Å²) in [5.41, 5.74) is 3.12. The number of rotatable bonds is 8. The van der Waals surface area contributed by atoms with Crippen LogP contribution in [0.2, 0.25) is 0 Å². The maximum atomic E-state index is 13.1. The molecule has 0 radical (unpaired) electrons. The normalized spacial score (nSPS) is 11.2. The van der Waals surface area contributed by atoms with Crippen LogP contribution in [0.25, 0.3) is 5.69 Å². The fourth-order valence-electron chi connectivity index (χ4n) is 3.61. The standard InChI is InChI=1S/C27H34N4O3/c1-7-14-30(26(33)20-11-9-13-22(16-20)34-6)18-25(32)28-24-17-23(27(3,4)5)29-31(24)21-12-8-10-19(2)15-21/h8-13,15-17H,7,14,18H2,1-6H3,(H,28,32). The van der Waals surface area contributed by atoms with Crippen LogP contribution in [0.15, 0.2) is 54.6 Å². The minimum atomic E-state index is -0.279. The number of ether oxygens (including phenoxy) is 1. The Hall–Kier alpha value is -3.61. The van der Waals surface area contributed by atoms with Gasteiger partial charge in [-0.25, -0.2) is 4.68 Å². The molecule has 180 valence electrons. The summed E-state index contributed by atoms with van der Waals surface area (Å²) in [6.07, 6.45) is 0.735. The SMILES string of the molecule is CCCN(CC(=O)Nc1cc(C(C)(C)C)nn1-c1cccc(C)c1)C(=O)c1cccc(OC)c1. The lowest BCUT2D eigenvalue weighted by atomic mass is 9.92. The van der Waals surface area contributed by atoms with Gasteiger partial charge in [0.05, 0.1) is 18.5 Å². The summed E-state index contributed by atoms with van der Waals surface area (Å²) in [5, 5.41) is 7.75. The number of carbonyl (C=O) groups excluding carboxylic acids is 2. The predicted molar refractivity (Wildman–Crippen MR) is 135 cm³/mol. The highest BCUT2D eigenvalue weighted by Gasteiger charge is 2.23. The number of amides is 2. The quantitative estimate of drug-likeness (QED) is 0.512. The van der Waals surface area contributed by atoms with Crippen LogP contribution in [-0.2, 0) is 10.2 Å². The molecule has 1 heterocycles. The molecule has 0 atom stereocenters. The summed E-state index contributed by atoms with van der Waals surface area (Å²) in [6.45, 7) is 10.6. The van der Waals surface area contributed by atoms with Crippen LogP contribution >= 0.6 is 0 Å². The van der Waals surface area contributed by atoms with Crippen molar-refractivity contribution in [2.75, 3.05) is 25.5 Å². The van der Waals surface area contributed by atoms with Gasteiger partial charge in [-0.05, 0) is 49.2 Å². The van der Waals surface area contributed by atoms with Crippen LogP contribution in [-0.4, -0.2) is 46.7 Å². The Labute approximate surface area is 201 Å². The number of hydrogen-bond donors (Lipinski definition) is 1. The minimum absolute atomic E-state index is 0.0618. The largest absolute Gasteiger partial charge is 0.497 e. The van der Waals surface area contributed by atoms with Gasteiger partial charge in [0.1, 0.15) is 18.1 Å². The van der Waals surface area contributed by atoms with Crippen molar-refractivity contribution >= 4 is 17.6 Å². The zero-order valence-electron chi connectivity index (χ0n) is 20.9. The van der Waals surface area contributed by atoms with Gasteiger partial charge < -0.3 is 15.0 Å². The molecule has 1 N–H and O–H groups in total. The van der Waals surface area contributed by atoms with E-state index in [1.54, 1.807) is 41.0 Å². The van der Waals surface area contributed by atoms with E-state index in [1.807, 2.05) is 44.2 Å². The molecule has 0 unspecified atom stereocenters. The fourth-order valence-corrected chi connectivity index (χ4v) is 3.61. The van der Waals surface area contributed by atoms with Gasteiger partial charge in [-0.2, -0.15) is 5.10 Å². The number of aromatic nitrogens is 2. The maximum absolute atomic E-state index is 13.1. The molecule has 34 heavy (non-hydrogen) atoms. The first kappa shape index (κ1) is 25.0. The van der Waals surface area contributed by atoms with E-state index in [0.717, 1.165) is 23.4 Å². The zero-order valence-corrected chi connectivity index (χ0v) is 20.9. The third-order valence-corrected chi connectivity index (χ3v) is 5.42. The molecule has 7 nitrogen and oxygen atoms in total. The van der Waals surface area contributed by atoms with Gasteiger partial charge in [-0.1, -0.05) is 45.9 Å². The van der Waals surface area contributed by atoms with Crippen molar-refractivity contribution in [1.82, 2.24) is 14.7 Å². The van der Waals surface area contributed by atoms with Gasteiger partial charge in [0, 0.05) is 23.6 Å². The number of hydrogen-bond acceptors (Lipinski definition) is 4. The van der Waals surface area contributed by atoms with Crippen LogP contribution in [0.5, 0.6) is 5.75 Å². The van der Waals surface area contributed by atoms with E-state index in [0.29, 0.717) is 23.7 Å². The molecule has 3 rings (SSSR count). The second-order valence-corrected chi connectivity index (χ2v) is 9.42. The van der Waals surface area contributed by atoms with Crippen LogP contribution in [0, 0.1) is 6.92 Å². The topological polar surface area (TPSA) is 76.5 Å². The van der Waals surface area contributed by atoms with Gasteiger partial charge in [-0.15, -0.1) is 0 Å². The van der Waals surface area contributed by atoms with Crippen molar-refractivity contribution in [2.24, 2.45) is 0 Å². The summed E-state index contributed by atoms with van der Waals surface area (Å²) in [6, 6.07) is 16.8. The Bertz CT molecular complexity index is 1160. The van der Waals surface area contributed by atoms with Crippen molar-refractivity contribution in [3.8, 4) is 11.4 Å². The van der Waals surface area contributed by atoms with Crippen LogP contribution in [0.1, 0.15) is 55.7 Å². The molecule has 7 heteroatoms. The molecule has 0 spiro atoms. The molecule has 1 aromatic heterocycles. The summed E-state index contributed by atoms with van der Waals surface area (Å²) in [4.78, 5) is 27.8. The summed E-state index contributed by atoms with van der Waals surface area (Å²) in [7, 11) is 1.56. The van der Waals surface area contributed by atoms with Crippen molar-refractivity contribution in [1.29, 1.82) is 0 Å². The molecule has 0 saturated heterocycles. The van der Waals surface area contributed by atoms with E-state index < -0.39 is 0 Å². The number of carbonyl (C=O) groups is 2. The van der Waals surface area contributed by atoms with Crippen LogP contribution in [0.3, 0.4) is 0 Å². The second-order valence-electron chi connectivity index (χ2n) is 9.42. The first-order valence-corrected chi connectivity index (χ1v) is 11.5. The maximum Gasteiger partial charge on any atom is 0.254 e. The molecule has 3 aromatic rings. The zero-order chi connectivity index (χ0) is 24.9. The number of aryl methyl sites for hydroxylation is 1. The Kier molecular flexibility index (Phi) is 7.76. The van der Waals surface area contributed by atoms with Crippen LogP contribution < -0.4 is 10.1 Å². The summed E-state index contributed by atoms with van der Waals surface area (Å²) >= 11 is 0. The van der Waals surface area contributed by atoms with E-state index in [2.05, 4.69) is 26.1 Å². The molecule has 0 aliphatic carbocycles. The minimum Gasteiger partial charge on any atom is -0.497 e. The van der Waals surface area contributed by atoms with E-state index in [9.17, 15) is 9.59 Å². The third kappa shape index (κ3) is 6.04. The Morgan fingerprint density at radius 3 is 2.47 bits per heavy atom. The smallest absolute Gasteiger partial charge is 0.254 e. The highest BCUT2D eigenvalue weighted by molar-refractivity contribution is 5.99. The Morgan fingerprint density at radius 2 is 1.82 bits per heavy atom. The second kappa shape index (κ2) is 10.5. The molecular weight excluding hydrogens is 428 g/mol. The lowest BCUT2D eigenvalue weighted by Gasteiger charge is -2.22. The van der Waals surface area contributed by atoms with E-state index in [-0.39, 0.29) is 23.8 Å². The molecule has 0 fully saturated rings. The Balaban J connectivity index is 1.85. The molecule has 0 aliphatic heterocycles. The molecule has 0 saturated carbocycles. The highest BCUT2D eigenvalue weighted by atomic mass is 16.5. The van der Waals surface area contributed by atoms with Crippen molar-refractivity contribution in [3.05, 3.63) is 71.4 Å². The third-order valence-electron chi connectivity index (χ3n) is 5.42. The van der Waals surface area contributed by atoms with Crippen molar-refractivity contribution in [2.45, 2.75) is 46.5 Å². The fraction of sp³-hybridized carbons (Fsp3) is 0.370. The number of benzene rings is 2. The number of nitrogens with one attached hydrogen (secondary N) is 1. The van der Waals surface area contributed by atoms with Gasteiger partial charge >= 0.3 is 0 Å². The van der Waals surface area contributed by atoms with Crippen molar-refractivity contribution in [3.63, 3.8) is 0 Å². The first-order chi connectivity index (χ1) is 16.1. The van der Waals surface area contributed by atoms with Crippen molar-refractivity contribution < 1.29 is 14.3 Å². The predicted octanol–water partition coefficient (Wildman–Crippen LogP) is 4.98. The Morgan fingerprint density at radius 1 is 1.09 bits per heavy atom. The molecule has 2 amide bonds. The summed E-state index contributed by atoms with van der Waals surface area (Å²) in [5.74, 6) is 0.687. The van der Waals surface area contributed by atoms with E-state index in [4.69, 9.17) is 9.84 Å². The lowest BCUT2D eigenvalue weighted by molar-refractivity contribution is -0.116. The van der Waals surface area contributed by atoms with Gasteiger partial charge in [0.15, 0.2) is 0 Å². The van der Waals surface area contributed by atoms with Crippen LogP contribution in [0.4, 0.5) is 5.82 Å². The first-order valence-electron chi connectivity index (χ1n) is 11.5. The number of methoxy groups -OCH3 is 1. The molecular formula is C27H34N4O3. The average molecular weight is 463 g/mol. The molecule has 0 bridgehead atoms. The molecule has 2 aromatic carbocycles. The van der Waals surface area contributed by atoms with Gasteiger partial charge in [0.25, 0.3) is 5.91 Å². The van der Waals surface area contributed by atoms with Gasteiger partial charge in [-0.3, -0.25) is 9.59 Å². The van der Waals surface area contributed by atoms with Gasteiger partial charge in [0.2, 0.25) is 5.91 Å². The summed E-state index contributed by atoms with van der Waals surface area (Å²) < 4.78 is 6.99. The average Bonchev–Trinajstić information content (AvgIpc) is 3.22. The molecule has 0 aliphatic rings. The highest BCUT2D eigenvalue weighted by Crippen LogP contribution is 2.26.